The first kappa shape index (κ1) is 18.5. The van der Waals surface area contributed by atoms with Gasteiger partial charge in [-0.05, 0) is 6.07 Å². The molecule has 1 rings (SSSR count). The second-order valence-electron chi connectivity index (χ2n) is 2.98. The van der Waals surface area contributed by atoms with E-state index in [0.29, 0.717) is 0 Å². The van der Waals surface area contributed by atoms with E-state index in [1.165, 1.54) is 12.1 Å². The van der Waals surface area contributed by atoms with Crippen LogP contribution >= 0.6 is 34.8 Å². The molecule has 0 bridgehead atoms. The largest absolute Gasteiger partial charge is 0.480 e. The topological polar surface area (TPSA) is 52.6 Å². The molecule has 0 fully saturated rings. The fourth-order valence-electron chi connectivity index (χ4n) is 0.935. The zero-order valence-electron chi connectivity index (χ0n) is 8.91. The smallest absolute Gasteiger partial charge is 0.352 e. The van der Waals surface area contributed by atoms with Gasteiger partial charge in [0.05, 0.1) is 15.1 Å². The van der Waals surface area contributed by atoms with Gasteiger partial charge in [0.1, 0.15) is 5.75 Å². The third-order valence-electron chi connectivity index (χ3n) is 1.70. The monoisotopic (exact) mass is 334 g/mol. The highest BCUT2D eigenvalue weighted by molar-refractivity contribution is 6.43. The van der Waals surface area contributed by atoms with Crippen molar-refractivity contribution < 1.29 is 19.1 Å². The maximum absolute atomic E-state index is 11.1. The lowest BCUT2D eigenvalue weighted by molar-refractivity contribution is -0.157. The zero-order valence-corrected chi connectivity index (χ0v) is 11.2. The molecule has 0 aliphatic carbocycles. The summed E-state index contributed by atoms with van der Waals surface area (Å²) in [6, 6.07) is 2.73. The zero-order chi connectivity index (χ0) is 13.7. The molecule has 0 heterocycles. The lowest BCUT2D eigenvalue weighted by Gasteiger charge is -2.08. The summed E-state index contributed by atoms with van der Waals surface area (Å²) in [5.74, 6) is -1.57. The van der Waals surface area contributed by atoms with Crippen LogP contribution in [0.3, 0.4) is 0 Å². The minimum absolute atomic E-state index is 0. The summed E-state index contributed by atoms with van der Waals surface area (Å²) in [4.78, 5) is 21.8. The molecule has 0 aliphatic rings. The fourth-order valence-corrected chi connectivity index (χ4v) is 1.53. The maximum Gasteiger partial charge on any atom is 0.352 e. The van der Waals surface area contributed by atoms with Crippen LogP contribution in [0.5, 0.6) is 5.75 Å². The van der Waals surface area contributed by atoms with E-state index in [2.05, 4.69) is 11.3 Å². The van der Waals surface area contributed by atoms with E-state index in [9.17, 15) is 9.59 Å². The molecule has 0 N–H and O–H groups in total. The fraction of sp³-hybridized carbons (Fsp3) is 0.0909. The van der Waals surface area contributed by atoms with Gasteiger partial charge in [-0.1, -0.05) is 41.4 Å². The van der Waals surface area contributed by atoms with Crippen LogP contribution in [0.15, 0.2) is 24.8 Å². The highest BCUT2D eigenvalue weighted by Gasteiger charge is 2.11. The van der Waals surface area contributed by atoms with Gasteiger partial charge in [-0.15, -0.1) is 0 Å². The van der Waals surface area contributed by atoms with Gasteiger partial charge in [0.25, 0.3) is 0 Å². The number of halogens is 3. The van der Waals surface area contributed by atoms with Gasteiger partial charge < -0.3 is 9.47 Å². The van der Waals surface area contributed by atoms with Crippen LogP contribution in [0, 0.1) is 0 Å². The third-order valence-corrected chi connectivity index (χ3v) is 2.72. The Labute approximate surface area is 140 Å². The summed E-state index contributed by atoms with van der Waals surface area (Å²) >= 11 is 17.3. The van der Waals surface area contributed by atoms with E-state index in [0.717, 1.165) is 6.08 Å². The third kappa shape index (κ3) is 6.01. The molecule has 19 heavy (non-hydrogen) atoms. The number of hydrogen-bond acceptors (Lipinski definition) is 4. The highest BCUT2D eigenvalue weighted by Crippen LogP contribution is 2.33. The summed E-state index contributed by atoms with van der Waals surface area (Å²) in [5.41, 5.74) is 0. The first-order valence-corrected chi connectivity index (χ1v) is 5.72. The first-order valence-electron chi connectivity index (χ1n) is 4.58. The van der Waals surface area contributed by atoms with E-state index < -0.39 is 18.5 Å². The van der Waals surface area contributed by atoms with E-state index in [1.807, 2.05) is 0 Å². The second kappa shape index (κ2) is 8.66. The van der Waals surface area contributed by atoms with Crippen molar-refractivity contribution in [3.8, 4) is 5.75 Å². The van der Waals surface area contributed by atoms with E-state index in [-0.39, 0.29) is 43.9 Å². The minimum atomic E-state index is -0.873. The molecule has 0 amide bonds. The van der Waals surface area contributed by atoms with Gasteiger partial charge >= 0.3 is 35.0 Å². The molecule has 100 valence electrons. The summed E-state index contributed by atoms with van der Waals surface area (Å²) in [5, 5.41) is 0.678. The molecule has 0 atom stereocenters. The Balaban J connectivity index is 0.00000324. The minimum Gasteiger partial charge on any atom is -0.480 e. The van der Waals surface area contributed by atoms with Gasteiger partial charge in [-0.25, -0.2) is 9.59 Å². The van der Waals surface area contributed by atoms with Crippen molar-refractivity contribution in [2.75, 3.05) is 6.61 Å². The van der Waals surface area contributed by atoms with Crippen molar-refractivity contribution in [2.24, 2.45) is 0 Å². The Kier molecular flexibility index (Phi) is 8.45. The Morgan fingerprint density at radius 2 is 1.74 bits per heavy atom. The van der Waals surface area contributed by atoms with Crippen LogP contribution in [0.25, 0.3) is 0 Å². The van der Waals surface area contributed by atoms with Crippen LogP contribution in [0.1, 0.15) is 0 Å². The quantitative estimate of drug-likeness (QED) is 0.279. The number of carbonyl (C=O) groups excluding carboxylic acids is 2. The van der Waals surface area contributed by atoms with Crippen molar-refractivity contribution in [1.82, 2.24) is 0 Å². The van der Waals surface area contributed by atoms with Crippen molar-refractivity contribution in [3.63, 3.8) is 0 Å². The standard InChI is InChI=1S/C11H7Cl3O4.Mg.2H/c1-2-10(15)18-11(16)5-17-9-4-7(13)6(12)3-8(9)14;;;/h2-4H,1,5H2;;;. The molecule has 0 radical (unpaired) electrons. The van der Waals surface area contributed by atoms with Crippen LogP contribution in [-0.2, 0) is 14.3 Å². The van der Waals surface area contributed by atoms with Gasteiger partial charge in [-0.3, -0.25) is 0 Å². The van der Waals surface area contributed by atoms with Gasteiger partial charge in [0.15, 0.2) is 6.61 Å². The average molecular weight is 336 g/mol. The predicted octanol–water partition coefficient (Wildman–Crippen LogP) is 2.37. The summed E-state index contributed by atoms with van der Waals surface area (Å²) < 4.78 is 9.34. The van der Waals surface area contributed by atoms with E-state index in [1.54, 1.807) is 0 Å². The Morgan fingerprint density at radius 1 is 1.16 bits per heavy atom. The van der Waals surface area contributed by atoms with Gasteiger partial charge in [0.2, 0.25) is 0 Å². The Morgan fingerprint density at radius 3 is 2.32 bits per heavy atom. The molecule has 4 nitrogen and oxygen atoms in total. The number of benzene rings is 1. The molecule has 0 saturated carbocycles. The molecule has 0 saturated heterocycles. The Hall–Kier alpha value is -0.464. The van der Waals surface area contributed by atoms with Crippen molar-refractivity contribution in [2.45, 2.75) is 0 Å². The summed E-state index contributed by atoms with van der Waals surface area (Å²) in [7, 11) is 0. The average Bonchev–Trinajstić information content (AvgIpc) is 2.32. The highest BCUT2D eigenvalue weighted by atomic mass is 35.5. The van der Waals surface area contributed by atoms with Crippen molar-refractivity contribution in [1.29, 1.82) is 0 Å². The lowest BCUT2D eigenvalue weighted by Crippen LogP contribution is -2.17. The van der Waals surface area contributed by atoms with Crippen LogP contribution in [-0.4, -0.2) is 41.6 Å². The number of hydrogen-bond donors (Lipinski definition) is 0. The molecule has 0 aromatic heterocycles. The maximum atomic E-state index is 11.1. The van der Waals surface area contributed by atoms with E-state index >= 15 is 0 Å². The molecule has 0 aliphatic heterocycles. The summed E-state index contributed by atoms with van der Waals surface area (Å²) in [6.07, 6.45) is 0.865. The molecular weight excluding hydrogens is 327 g/mol. The SMILES string of the molecule is C=CC(=O)OC(=O)COc1cc(Cl)c(Cl)cc1Cl.[MgH2]. The molecular formula is C11H9Cl3MgO4. The molecule has 0 spiro atoms. The number of carbonyl (C=O) groups is 2. The van der Waals surface area contributed by atoms with Crippen molar-refractivity contribution in [3.05, 3.63) is 39.9 Å². The molecule has 1 aromatic carbocycles. The van der Waals surface area contributed by atoms with E-state index in [4.69, 9.17) is 39.5 Å². The predicted molar refractivity (Wildman–Crippen MR) is 76.8 cm³/mol. The van der Waals surface area contributed by atoms with Gasteiger partial charge in [0, 0.05) is 12.1 Å². The van der Waals surface area contributed by atoms with Gasteiger partial charge in [-0.2, -0.15) is 0 Å². The Bertz CT molecular complexity index is 505. The normalized spacial score (nSPS) is 9.21. The van der Waals surface area contributed by atoms with Crippen molar-refractivity contribution >= 4 is 69.8 Å². The number of ether oxygens (including phenoxy) is 2. The molecule has 8 heteroatoms. The number of esters is 2. The second-order valence-corrected chi connectivity index (χ2v) is 4.20. The molecule has 0 unspecified atom stereocenters. The van der Waals surface area contributed by atoms with Crippen LogP contribution in [0.4, 0.5) is 0 Å². The number of rotatable bonds is 4. The summed E-state index contributed by atoms with van der Waals surface area (Å²) in [6.45, 7) is 2.66. The molecule has 1 aromatic rings. The van der Waals surface area contributed by atoms with Crippen LogP contribution in [0.2, 0.25) is 15.1 Å². The van der Waals surface area contributed by atoms with Crippen LogP contribution < -0.4 is 4.74 Å². The lowest BCUT2D eigenvalue weighted by atomic mass is 10.3. The first-order chi connectivity index (χ1) is 8.43.